The van der Waals surface area contributed by atoms with Crippen molar-refractivity contribution in [3.63, 3.8) is 0 Å². The molecule has 0 radical (unpaired) electrons. The van der Waals surface area contributed by atoms with Crippen LogP contribution in [0, 0.1) is 0 Å². The highest BCUT2D eigenvalue weighted by Crippen LogP contribution is 2.12. The predicted octanol–water partition coefficient (Wildman–Crippen LogP) is 1.28. The Bertz CT molecular complexity index is 417. The molecule has 2 rings (SSSR count). The van der Waals surface area contributed by atoms with Gasteiger partial charge in [-0.25, -0.2) is 4.79 Å². The molecule has 1 N–H and O–H groups in total. The van der Waals surface area contributed by atoms with Crippen LogP contribution in [0.2, 0.25) is 0 Å². The van der Waals surface area contributed by atoms with E-state index in [2.05, 4.69) is 5.32 Å². The van der Waals surface area contributed by atoms with E-state index in [4.69, 9.17) is 9.47 Å². The van der Waals surface area contributed by atoms with Crippen molar-refractivity contribution in [2.75, 3.05) is 40.0 Å². The normalized spacial score (nSPS) is 15.1. The molecule has 1 saturated heterocycles. The minimum absolute atomic E-state index is 0.00815. The summed E-state index contributed by atoms with van der Waals surface area (Å²) in [6, 6.07) is 7.88. The first kappa shape index (κ1) is 13.7. The van der Waals surface area contributed by atoms with Gasteiger partial charge in [0.25, 0.3) is 0 Å². The molecule has 1 aliphatic heterocycles. The first-order valence-corrected chi connectivity index (χ1v) is 6.53. The average molecular weight is 264 g/mol. The third kappa shape index (κ3) is 4.13. The molecule has 0 spiro atoms. The largest absolute Gasteiger partial charge is 0.497 e. The topological polar surface area (TPSA) is 50.8 Å². The van der Waals surface area contributed by atoms with Gasteiger partial charge in [0.15, 0.2) is 0 Å². The fourth-order valence-electron chi connectivity index (χ4n) is 2.02. The lowest BCUT2D eigenvalue weighted by atomic mass is 10.1. The zero-order valence-electron chi connectivity index (χ0n) is 11.2. The summed E-state index contributed by atoms with van der Waals surface area (Å²) in [5.74, 6) is 0.844. The van der Waals surface area contributed by atoms with Crippen molar-refractivity contribution in [1.82, 2.24) is 10.2 Å². The maximum Gasteiger partial charge on any atom is 0.317 e. The van der Waals surface area contributed by atoms with Crippen molar-refractivity contribution in [1.29, 1.82) is 0 Å². The number of carbonyl (C=O) groups excluding carboxylic acids is 1. The van der Waals surface area contributed by atoms with E-state index in [9.17, 15) is 4.79 Å². The maximum absolute atomic E-state index is 11.8. The summed E-state index contributed by atoms with van der Waals surface area (Å²) in [4.78, 5) is 13.6. The number of nitrogens with one attached hydrogen (secondary N) is 1. The smallest absolute Gasteiger partial charge is 0.317 e. The summed E-state index contributed by atoms with van der Waals surface area (Å²) in [5, 5.41) is 2.93. The second-order valence-electron chi connectivity index (χ2n) is 4.43. The van der Waals surface area contributed by atoms with Gasteiger partial charge in [0.05, 0.1) is 20.3 Å². The Morgan fingerprint density at radius 2 is 2.21 bits per heavy atom. The molecule has 1 aromatic carbocycles. The third-order valence-electron chi connectivity index (χ3n) is 3.12. The molecule has 1 fully saturated rings. The van der Waals surface area contributed by atoms with Gasteiger partial charge < -0.3 is 19.7 Å². The lowest BCUT2D eigenvalue weighted by Gasteiger charge is -2.26. The Hall–Kier alpha value is -1.75. The summed E-state index contributed by atoms with van der Waals surface area (Å²) >= 11 is 0. The van der Waals surface area contributed by atoms with E-state index in [0.29, 0.717) is 32.8 Å². The average Bonchev–Trinajstić information content (AvgIpc) is 2.48. The monoisotopic (exact) mass is 264 g/mol. The maximum atomic E-state index is 11.8. The van der Waals surface area contributed by atoms with E-state index in [1.54, 1.807) is 12.0 Å². The summed E-state index contributed by atoms with van der Waals surface area (Å²) < 4.78 is 10.4. The molecular weight excluding hydrogens is 244 g/mol. The molecule has 2 amide bonds. The van der Waals surface area contributed by atoms with Crippen molar-refractivity contribution in [2.24, 2.45) is 0 Å². The quantitative estimate of drug-likeness (QED) is 0.891. The van der Waals surface area contributed by atoms with Gasteiger partial charge in [-0.05, 0) is 24.1 Å². The van der Waals surface area contributed by atoms with Gasteiger partial charge in [0.2, 0.25) is 0 Å². The second kappa shape index (κ2) is 6.99. The van der Waals surface area contributed by atoms with Crippen molar-refractivity contribution in [3.8, 4) is 5.75 Å². The number of urea groups is 1. The zero-order chi connectivity index (χ0) is 13.5. The predicted molar refractivity (Wildman–Crippen MR) is 72.5 cm³/mol. The number of morpholine rings is 1. The molecule has 5 heteroatoms. The van der Waals surface area contributed by atoms with E-state index in [0.717, 1.165) is 17.7 Å². The van der Waals surface area contributed by atoms with Crippen LogP contribution in [-0.4, -0.2) is 50.9 Å². The Balaban J connectivity index is 1.74. The summed E-state index contributed by atoms with van der Waals surface area (Å²) in [6.45, 7) is 3.23. The van der Waals surface area contributed by atoms with Crippen LogP contribution in [0.5, 0.6) is 5.75 Å². The van der Waals surface area contributed by atoms with E-state index in [1.807, 2.05) is 24.3 Å². The van der Waals surface area contributed by atoms with Crippen molar-refractivity contribution < 1.29 is 14.3 Å². The lowest BCUT2D eigenvalue weighted by Crippen LogP contribution is -2.46. The number of hydrogen-bond acceptors (Lipinski definition) is 3. The van der Waals surface area contributed by atoms with Gasteiger partial charge in [-0.2, -0.15) is 0 Å². The van der Waals surface area contributed by atoms with Crippen LogP contribution < -0.4 is 10.1 Å². The summed E-state index contributed by atoms with van der Waals surface area (Å²) in [5.41, 5.74) is 1.15. The fraction of sp³-hybridized carbons (Fsp3) is 0.500. The standard InChI is InChI=1S/C14H20N2O3/c1-18-13-4-2-3-12(11-13)5-6-15-14(17)16-7-9-19-10-8-16/h2-4,11H,5-10H2,1H3,(H,15,17). The molecule has 104 valence electrons. The number of carbonyl (C=O) groups is 1. The lowest BCUT2D eigenvalue weighted by molar-refractivity contribution is 0.0533. The van der Waals surface area contributed by atoms with Crippen LogP contribution >= 0.6 is 0 Å². The highest BCUT2D eigenvalue weighted by Gasteiger charge is 2.15. The van der Waals surface area contributed by atoms with Crippen LogP contribution in [0.25, 0.3) is 0 Å². The molecule has 0 saturated carbocycles. The first-order valence-electron chi connectivity index (χ1n) is 6.53. The number of amides is 2. The Morgan fingerprint density at radius 3 is 2.95 bits per heavy atom. The van der Waals surface area contributed by atoms with Crippen LogP contribution in [0.1, 0.15) is 5.56 Å². The van der Waals surface area contributed by atoms with E-state index < -0.39 is 0 Å². The van der Waals surface area contributed by atoms with Gasteiger partial charge in [0, 0.05) is 19.6 Å². The minimum atomic E-state index is -0.00815. The van der Waals surface area contributed by atoms with Crippen molar-refractivity contribution in [3.05, 3.63) is 29.8 Å². The molecule has 19 heavy (non-hydrogen) atoms. The molecule has 1 aromatic rings. The molecule has 0 aliphatic carbocycles. The van der Waals surface area contributed by atoms with E-state index >= 15 is 0 Å². The molecule has 0 atom stereocenters. The second-order valence-corrected chi connectivity index (χ2v) is 4.43. The number of nitrogens with zero attached hydrogens (tertiary/aromatic N) is 1. The number of hydrogen-bond donors (Lipinski definition) is 1. The Morgan fingerprint density at radius 1 is 1.42 bits per heavy atom. The van der Waals surface area contributed by atoms with Gasteiger partial charge in [0.1, 0.15) is 5.75 Å². The Labute approximate surface area is 113 Å². The minimum Gasteiger partial charge on any atom is -0.497 e. The number of rotatable bonds is 4. The van der Waals surface area contributed by atoms with Crippen LogP contribution in [0.4, 0.5) is 4.79 Å². The zero-order valence-corrected chi connectivity index (χ0v) is 11.2. The van der Waals surface area contributed by atoms with Gasteiger partial charge in [-0.15, -0.1) is 0 Å². The molecular formula is C14H20N2O3. The number of methoxy groups -OCH3 is 1. The van der Waals surface area contributed by atoms with Crippen LogP contribution in [0.15, 0.2) is 24.3 Å². The summed E-state index contributed by atoms with van der Waals surface area (Å²) in [6.07, 6.45) is 0.799. The van der Waals surface area contributed by atoms with Gasteiger partial charge in [-0.3, -0.25) is 0 Å². The summed E-state index contributed by atoms with van der Waals surface area (Å²) in [7, 11) is 1.65. The molecule has 1 heterocycles. The fourth-order valence-corrected chi connectivity index (χ4v) is 2.02. The molecule has 0 bridgehead atoms. The Kier molecular flexibility index (Phi) is 5.03. The molecule has 5 nitrogen and oxygen atoms in total. The highest BCUT2D eigenvalue weighted by atomic mass is 16.5. The van der Waals surface area contributed by atoms with Crippen molar-refractivity contribution >= 4 is 6.03 Å². The SMILES string of the molecule is COc1cccc(CCNC(=O)N2CCOCC2)c1. The number of ether oxygens (including phenoxy) is 2. The first-order chi connectivity index (χ1) is 9.29. The van der Waals surface area contributed by atoms with Crippen LogP contribution in [-0.2, 0) is 11.2 Å². The van der Waals surface area contributed by atoms with E-state index in [1.165, 1.54) is 0 Å². The molecule has 1 aliphatic rings. The molecule has 0 unspecified atom stereocenters. The van der Waals surface area contributed by atoms with E-state index in [-0.39, 0.29) is 6.03 Å². The van der Waals surface area contributed by atoms with Crippen molar-refractivity contribution in [2.45, 2.75) is 6.42 Å². The van der Waals surface area contributed by atoms with Gasteiger partial charge in [-0.1, -0.05) is 12.1 Å². The molecule has 0 aromatic heterocycles. The van der Waals surface area contributed by atoms with Gasteiger partial charge >= 0.3 is 6.03 Å². The van der Waals surface area contributed by atoms with Crippen LogP contribution in [0.3, 0.4) is 0 Å². The number of benzene rings is 1. The highest BCUT2D eigenvalue weighted by molar-refractivity contribution is 5.74. The third-order valence-corrected chi connectivity index (χ3v) is 3.12.